The summed E-state index contributed by atoms with van der Waals surface area (Å²) in [7, 11) is 3.75. The molecule has 4 nitrogen and oxygen atoms in total. The zero-order valence-corrected chi connectivity index (χ0v) is 16.1. The smallest absolute Gasteiger partial charge is 0.238 e. The van der Waals surface area contributed by atoms with E-state index in [9.17, 15) is 4.79 Å². The Bertz CT molecular complexity index is 977. The van der Waals surface area contributed by atoms with Crippen molar-refractivity contribution in [2.45, 2.75) is 20.8 Å². The molecule has 134 valence electrons. The van der Waals surface area contributed by atoms with E-state index >= 15 is 0 Å². The summed E-state index contributed by atoms with van der Waals surface area (Å²) in [5.41, 5.74) is 7.38. The van der Waals surface area contributed by atoms with Crippen molar-refractivity contribution in [3.63, 3.8) is 0 Å². The van der Waals surface area contributed by atoms with Crippen LogP contribution >= 0.6 is 0 Å². The molecule has 3 aromatic rings. The van der Waals surface area contributed by atoms with Crippen LogP contribution in [0, 0.1) is 20.8 Å². The van der Waals surface area contributed by atoms with E-state index in [1.807, 2.05) is 37.2 Å². The molecule has 0 aliphatic carbocycles. The first-order valence-electron chi connectivity index (χ1n) is 8.77. The van der Waals surface area contributed by atoms with Crippen LogP contribution in [0.15, 0.2) is 42.5 Å². The van der Waals surface area contributed by atoms with E-state index in [4.69, 9.17) is 4.98 Å². The lowest BCUT2D eigenvalue weighted by Gasteiger charge is -2.13. The van der Waals surface area contributed by atoms with Gasteiger partial charge in [0.1, 0.15) is 0 Å². The largest absolute Gasteiger partial charge is 0.325 e. The van der Waals surface area contributed by atoms with Crippen LogP contribution < -0.4 is 5.32 Å². The molecule has 0 fully saturated rings. The van der Waals surface area contributed by atoms with Crippen LogP contribution in [0.5, 0.6) is 0 Å². The standard InChI is InChI=1S/C22H25N3O/c1-14-6-7-15(2)19(10-14)20-11-16(3)18-9-8-17(12-21(18)24-20)23-22(26)13-25(4)5/h6-12H,13H2,1-5H3,(H,23,26). The third-order valence-corrected chi connectivity index (χ3v) is 4.43. The number of aromatic nitrogens is 1. The second kappa shape index (κ2) is 7.26. The number of aryl methyl sites for hydroxylation is 3. The summed E-state index contributed by atoms with van der Waals surface area (Å²) in [6, 6.07) is 14.5. The molecule has 0 saturated carbocycles. The number of nitrogens with zero attached hydrogens (tertiary/aromatic N) is 2. The van der Waals surface area contributed by atoms with Crippen LogP contribution in [-0.2, 0) is 4.79 Å². The molecule has 3 rings (SSSR count). The quantitative estimate of drug-likeness (QED) is 0.764. The Morgan fingerprint density at radius 2 is 1.77 bits per heavy atom. The van der Waals surface area contributed by atoms with Crippen LogP contribution in [0.4, 0.5) is 5.69 Å². The van der Waals surface area contributed by atoms with Crippen LogP contribution in [0.25, 0.3) is 22.2 Å². The Morgan fingerprint density at radius 3 is 2.50 bits per heavy atom. The molecule has 0 saturated heterocycles. The normalized spacial score (nSPS) is 11.2. The highest BCUT2D eigenvalue weighted by Crippen LogP contribution is 2.28. The van der Waals surface area contributed by atoms with E-state index in [-0.39, 0.29) is 5.91 Å². The van der Waals surface area contributed by atoms with Gasteiger partial charge >= 0.3 is 0 Å². The molecule has 4 heteroatoms. The zero-order valence-electron chi connectivity index (χ0n) is 16.1. The van der Waals surface area contributed by atoms with E-state index in [1.165, 1.54) is 16.7 Å². The summed E-state index contributed by atoms with van der Waals surface area (Å²) in [6.07, 6.45) is 0. The molecule has 0 spiro atoms. The van der Waals surface area contributed by atoms with Gasteiger partial charge in [-0.3, -0.25) is 4.79 Å². The van der Waals surface area contributed by atoms with E-state index in [0.29, 0.717) is 6.54 Å². The fourth-order valence-electron chi connectivity index (χ4n) is 3.12. The summed E-state index contributed by atoms with van der Waals surface area (Å²) in [5.74, 6) is -0.0308. The van der Waals surface area contributed by atoms with Gasteiger partial charge in [0.15, 0.2) is 0 Å². The number of likely N-dealkylation sites (N-methyl/N-ethyl adjacent to an activating group) is 1. The molecule has 0 radical (unpaired) electrons. The maximum atomic E-state index is 12.0. The first kappa shape index (κ1) is 18.1. The van der Waals surface area contributed by atoms with Gasteiger partial charge in [-0.05, 0) is 70.3 Å². The Kier molecular flexibility index (Phi) is 5.05. The summed E-state index contributed by atoms with van der Waals surface area (Å²) >= 11 is 0. The molecule has 0 aliphatic heterocycles. The van der Waals surface area contributed by atoms with Gasteiger partial charge in [-0.2, -0.15) is 0 Å². The van der Waals surface area contributed by atoms with Crippen molar-refractivity contribution in [3.8, 4) is 11.3 Å². The number of carbonyl (C=O) groups excluding carboxylic acids is 1. The van der Waals surface area contributed by atoms with Gasteiger partial charge in [-0.15, -0.1) is 0 Å². The van der Waals surface area contributed by atoms with Crippen LogP contribution in [0.2, 0.25) is 0 Å². The number of hydrogen-bond donors (Lipinski definition) is 1. The topological polar surface area (TPSA) is 45.2 Å². The number of fused-ring (bicyclic) bond motifs is 1. The minimum absolute atomic E-state index is 0.0308. The highest BCUT2D eigenvalue weighted by Gasteiger charge is 2.10. The van der Waals surface area contributed by atoms with Gasteiger partial charge < -0.3 is 10.2 Å². The molecule has 2 aromatic carbocycles. The Hall–Kier alpha value is -2.72. The lowest BCUT2D eigenvalue weighted by molar-refractivity contribution is -0.116. The predicted molar refractivity (Wildman–Crippen MR) is 109 cm³/mol. The SMILES string of the molecule is Cc1ccc(C)c(-c2cc(C)c3ccc(NC(=O)CN(C)C)cc3n2)c1. The molecule has 26 heavy (non-hydrogen) atoms. The number of hydrogen-bond acceptors (Lipinski definition) is 3. The molecule has 1 heterocycles. The summed E-state index contributed by atoms with van der Waals surface area (Å²) in [6.45, 7) is 6.65. The molecule has 0 unspecified atom stereocenters. The molecule has 1 amide bonds. The number of nitrogens with one attached hydrogen (secondary N) is 1. The molecular weight excluding hydrogens is 322 g/mol. The predicted octanol–water partition coefficient (Wildman–Crippen LogP) is 4.33. The summed E-state index contributed by atoms with van der Waals surface area (Å²) in [4.78, 5) is 18.7. The van der Waals surface area contributed by atoms with Crippen molar-refractivity contribution in [1.82, 2.24) is 9.88 Å². The lowest BCUT2D eigenvalue weighted by atomic mass is 9.99. The average molecular weight is 347 g/mol. The second-order valence-corrected chi connectivity index (χ2v) is 7.16. The molecule has 0 bridgehead atoms. The van der Waals surface area contributed by atoms with Crippen LogP contribution in [0.1, 0.15) is 16.7 Å². The van der Waals surface area contributed by atoms with Crippen molar-refractivity contribution >= 4 is 22.5 Å². The van der Waals surface area contributed by atoms with Gasteiger partial charge in [0.25, 0.3) is 0 Å². The molecule has 0 atom stereocenters. The van der Waals surface area contributed by atoms with E-state index in [0.717, 1.165) is 27.8 Å². The number of benzene rings is 2. The average Bonchev–Trinajstić information content (AvgIpc) is 2.55. The van der Waals surface area contributed by atoms with Crippen molar-refractivity contribution in [2.24, 2.45) is 0 Å². The summed E-state index contributed by atoms with van der Waals surface area (Å²) < 4.78 is 0. The third-order valence-electron chi connectivity index (χ3n) is 4.43. The monoisotopic (exact) mass is 347 g/mol. The maximum absolute atomic E-state index is 12.0. The second-order valence-electron chi connectivity index (χ2n) is 7.16. The molecule has 0 aliphatic rings. The number of pyridine rings is 1. The van der Waals surface area contributed by atoms with E-state index < -0.39 is 0 Å². The number of carbonyl (C=O) groups is 1. The van der Waals surface area contributed by atoms with Crippen molar-refractivity contribution in [2.75, 3.05) is 26.0 Å². The number of amides is 1. The molecular formula is C22H25N3O. The Morgan fingerprint density at radius 1 is 1.00 bits per heavy atom. The molecule has 1 aromatic heterocycles. The minimum Gasteiger partial charge on any atom is -0.325 e. The maximum Gasteiger partial charge on any atom is 0.238 e. The Labute approximate surface area is 154 Å². The van der Waals surface area contributed by atoms with E-state index in [2.05, 4.69) is 50.4 Å². The first-order valence-corrected chi connectivity index (χ1v) is 8.77. The van der Waals surface area contributed by atoms with Gasteiger partial charge in [-0.1, -0.05) is 23.8 Å². The molecule has 1 N–H and O–H groups in total. The van der Waals surface area contributed by atoms with Crippen molar-refractivity contribution < 1.29 is 4.79 Å². The zero-order chi connectivity index (χ0) is 18.8. The Balaban J connectivity index is 2.03. The highest BCUT2D eigenvalue weighted by atomic mass is 16.2. The van der Waals surface area contributed by atoms with Crippen LogP contribution in [0.3, 0.4) is 0 Å². The minimum atomic E-state index is -0.0308. The highest BCUT2D eigenvalue weighted by molar-refractivity contribution is 5.95. The fourth-order valence-corrected chi connectivity index (χ4v) is 3.12. The third kappa shape index (κ3) is 3.92. The van der Waals surface area contributed by atoms with Gasteiger partial charge in [0, 0.05) is 16.6 Å². The van der Waals surface area contributed by atoms with Gasteiger partial charge in [-0.25, -0.2) is 4.98 Å². The van der Waals surface area contributed by atoms with Gasteiger partial charge in [0.05, 0.1) is 17.8 Å². The van der Waals surface area contributed by atoms with Crippen molar-refractivity contribution in [3.05, 3.63) is 59.2 Å². The first-order chi connectivity index (χ1) is 12.3. The summed E-state index contributed by atoms with van der Waals surface area (Å²) in [5, 5.41) is 4.05. The number of anilines is 1. The fraction of sp³-hybridized carbons (Fsp3) is 0.273. The number of rotatable bonds is 4. The van der Waals surface area contributed by atoms with Crippen molar-refractivity contribution in [1.29, 1.82) is 0 Å². The lowest BCUT2D eigenvalue weighted by Crippen LogP contribution is -2.27. The van der Waals surface area contributed by atoms with Gasteiger partial charge in [0.2, 0.25) is 5.91 Å². The van der Waals surface area contributed by atoms with Crippen LogP contribution in [-0.4, -0.2) is 36.4 Å². The van der Waals surface area contributed by atoms with E-state index in [1.54, 1.807) is 0 Å².